The van der Waals surface area contributed by atoms with Crippen LogP contribution in [-0.2, 0) is 4.74 Å². The van der Waals surface area contributed by atoms with Crippen LogP contribution in [0.2, 0.25) is 0 Å². The van der Waals surface area contributed by atoms with Crippen LogP contribution in [0.15, 0.2) is 0 Å². The molecule has 0 aromatic heterocycles. The summed E-state index contributed by atoms with van der Waals surface area (Å²) in [6, 6.07) is 0. The van der Waals surface area contributed by atoms with Gasteiger partial charge < -0.3 is 10.1 Å². The first-order valence-corrected chi connectivity index (χ1v) is 8.00. The molecule has 1 fully saturated rings. The SMILES string of the molecule is CCC1CCC(CNC(C)(C)C)(OC(C)(C)C)CC1. The molecule has 1 aliphatic rings. The number of hydrogen-bond acceptors (Lipinski definition) is 2. The van der Waals surface area contributed by atoms with E-state index in [1.807, 2.05) is 0 Å². The van der Waals surface area contributed by atoms with Crippen LogP contribution in [0.3, 0.4) is 0 Å². The van der Waals surface area contributed by atoms with Gasteiger partial charge in [0, 0.05) is 12.1 Å². The maximum Gasteiger partial charge on any atom is 0.0813 e. The molecule has 2 heteroatoms. The molecule has 0 aliphatic heterocycles. The Morgan fingerprint density at radius 3 is 1.95 bits per heavy atom. The summed E-state index contributed by atoms with van der Waals surface area (Å²) in [5.41, 5.74) is 0.145. The zero-order valence-electron chi connectivity index (χ0n) is 14.2. The molecule has 0 radical (unpaired) electrons. The quantitative estimate of drug-likeness (QED) is 0.809. The lowest BCUT2D eigenvalue weighted by Gasteiger charge is -2.45. The Balaban J connectivity index is 2.69. The molecular formula is C17H35NO. The summed E-state index contributed by atoms with van der Waals surface area (Å²) < 4.78 is 6.49. The van der Waals surface area contributed by atoms with Crippen molar-refractivity contribution >= 4 is 0 Å². The van der Waals surface area contributed by atoms with Crippen LogP contribution in [0.5, 0.6) is 0 Å². The molecule has 0 spiro atoms. The normalized spacial score (nSPS) is 29.5. The van der Waals surface area contributed by atoms with Crippen molar-refractivity contribution in [3.05, 3.63) is 0 Å². The molecule has 19 heavy (non-hydrogen) atoms. The van der Waals surface area contributed by atoms with E-state index in [4.69, 9.17) is 4.74 Å². The molecule has 0 heterocycles. The zero-order chi connectivity index (χ0) is 14.7. The van der Waals surface area contributed by atoms with E-state index in [0.29, 0.717) is 0 Å². The summed E-state index contributed by atoms with van der Waals surface area (Å²) in [4.78, 5) is 0. The van der Waals surface area contributed by atoms with Gasteiger partial charge in [0.15, 0.2) is 0 Å². The van der Waals surface area contributed by atoms with Crippen molar-refractivity contribution < 1.29 is 4.74 Å². The van der Waals surface area contributed by atoms with E-state index in [1.54, 1.807) is 0 Å². The van der Waals surface area contributed by atoms with E-state index < -0.39 is 0 Å². The second kappa shape index (κ2) is 6.13. The number of ether oxygens (including phenoxy) is 1. The molecule has 0 unspecified atom stereocenters. The average Bonchev–Trinajstić information content (AvgIpc) is 2.25. The molecule has 0 amide bonds. The predicted octanol–water partition coefficient (Wildman–Crippen LogP) is 4.53. The highest BCUT2D eigenvalue weighted by Gasteiger charge is 2.39. The first kappa shape index (κ1) is 17.0. The molecule has 0 aromatic rings. The summed E-state index contributed by atoms with van der Waals surface area (Å²) in [5, 5.41) is 3.66. The van der Waals surface area contributed by atoms with Crippen LogP contribution >= 0.6 is 0 Å². The van der Waals surface area contributed by atoms with Gasteiger partial charge in [-0.15, -0.1) is 0 Å². The lowest BCUT2D eigenvalue weighted by Crippen LogP contribution is -2.53. The minimum absolute atomic E-state index is 0.0389. The summed E-state index contributed by atoms with van der Waals surface area (Å²) in [7, 11) is 0. The Morgan fingerprint density at radius 2 is 1.58 bits per heavy atom. The molecule has 114 valence electrons. The van der Waals surface area contributed by atoms with Gasteiger partial charge in [0.2, 0.25) is 0 Å². The van der Waals surface area contributed by atoms with Gasteiger partial charge in [0.25, 0.3) is 0 Å². The van der Waals surface area contributed by atoms with Crippen molar-refractivity contribution in [1.29, 1.82) is 0 Å². The Morgan fingerprint density at radius 1 is 1.05 bits per heavy atom. The smallest absolute Gasteiger partial charge is 0.0813 e. The minimum atomic E-state index is -0.0569. The lowest BCUT2D eigenvalue weighted by molar-refractivity contribution is -0.152. The van der Waals surface area contributed by atoms with Crippen molar-refractivity contribution in [3.8, 4) is 0 Å². The molecule has 0 aromatic carbocycles. The maximum absolute atomic E-state index is 6.49. The summed E-state index contributed by atoms with van der Waals surface area (Å²) in [5.74, 6) is 0.909. The van der Waals surface area contributed by atoms with Crippen LogP contribution in [0.4, 0.5) is 0 Å². The van der Waals surface area contributed by atoms with Gasteiger partial charge in [-0.3, -0.25) is 0 Å². The Kier molecular flexibility index (Phi) is 5.48. The highest BCUT2D eigenvalue weighted by atomic mass is 16.5. The molecule has 1 rings (SSSR count). The van der Waals surface area contributed by atoms with Crippen molar-refractivity contribution in [1.82, 2.24) is 5.32 Å². The van der Waals surface area contributed by atoms with Crippen LogP contribution in [0, 0.1) is 5.92 Å². The van der Waals surface area contributed by atoms with Gasteiger partial charge in [-0.1, -0.05) is 13.3 Å². The van der Waals surface area contributed by atoms with E-state index in [0.717, 1.165) is 12.5 Å². The van der Waals surface area contributed by atoms with E-state index in [-0.39, 0.29) is 16.7 Å². The Hall–Kier alpha value is -0.0800. The van der Waals surface area contributed by atoms with Gasteiger partial charge in [-0.25, -0.2) is 0 Å². The molecule has 1 N–H and O–H groups in total. The highest BCUT2D eigenvalue weighted by Crippen LogP contribution is 2.38. The van der Waals surface area contributed by atoms with Crippen molar-refractivity contribution in [3.63, 3.8) is 0 Å². The maximum atomic E-state index is 6.49. The van der Waals surface area contributed by atoms with E-state index in [9.17, 15) is 0 Å². The van der Waals surface area contributed by atoms with Crippen LogP contribution < -0.4 is 5.32 Å². The van der Waals surface area contributed by atoms with E-state index >= 15 is 0 Å². The third kappa shape index (κ3) is 6.27. The summed E-state index contributed by atoms with van der Waals surface area (Å²) >= 11 is 0. The van der Waals surface area contributed by atoms with E-state index in [2.05, 4.69) is 53.8 Å². The molecule has 0 atom stereocenters. The lowest BCUT2D eigenvalue weighted by atomic mass is 9.77. The fraction of sp³-hybridized carbons (Fsp3) is 1.00. The van der Waals surface area contributed by atoms with Crippen molar-refractivity contribution in [2.24, 2.45) is 5.92 Å². The second-order valence-electron chi connectivity index (χ2n) is 8.35. The van der Waals surface area contributed by atoms with Gasteiger partial charge in [-0.2, -0.15) is 0 Å². The van der Waals surface area contributed by atoms with Gasteiger partial charge in [0.05, 0.1) is 11.2 Å². The van der Waals surface area contributed by atoms with Crippen LogP contribution in [0.1, 0.15) is 80.6 Å². The van der Waals surface area contributed by atoms with Gasteiger partial charge in [-0.05, 0) is 73.1 Å². The third-order valence-corrected chi connectivity index (χ3v) is 4.06. The second-order valence-corrected chi connectivity index (χ2v) is 8.35. The number of rotatable bonds is 4. The molecular weight excluding hydrogens is 234 g/mol. The number of hydrogen-bond donors (Lipinski definition) is 1. The van der Waals surface area contributed by atoms with Crippen LogP contribution in [-0.4, -0.2) is 23.3 Å². The average molecular weight is 269 g/mol. The standard InChI is InChI=1S/C17H35NO/c1-8-14-9-11-17(12-10-14,19-16(5,6)7)13-18-15(2,3)4/h14,18H,8-13H2,1-7H3. The fourth-order valence-corrected chi connectivity index (χ4v) is 3.00. The number of nitrogens with one attached hydrogen (secondary N) is 1. The Bertz CT molecular complexity index is 264. The van der Waals surface area contributed by atoms with Crippen molar-refractivity contribution in [2.45, 2.75) is 97.3 Å². The molecule has 0 bridgehead atoms. The Labute approximate surface area is 120 Å². The van der Waals surface area contributed by atoms with Crippen LogP contribution in [0.25, 0.3) is 0 Å². The first-order chi connectivity index (χ1) is 8.55. The molecule has 2 nitrogen and oxygen atoms in total. The highest BCUT2D eigenvalue weighted by molar-refractivity contribution is 4.92. The zero-order valence-corrected chi connectivity index (χ0v) is 14.2. The minimum Gasteiger partial charge on any atom is -0.368 e. The van der Waals surface area contributed by atoms with Crippen molar-refractivity contribution in [2.75, 3.05) is 6.54 Å². The summed E-state index contributed by atoms with van der Waals surface area (Å²) in [6.45, 7) is 16.5. The molecule has 0 saturated heterocycles. The van der Waals surface area contributed by atoms with E-state index in [1.165, 1.54) is 32.1 Å². The summed E-state index contributed by atoms with van der Waals surface area (Å²) in [6.07, 6.45) is 6.35. The largest absolute Gasteiger partial charge is 0.368 e. The fourth-order valence-electron chi connectivity index (χ4n) is 3.00. The van der Waals surface area contributed by atoms with Gasteiger partial charge >= 0.3 is 0 Å². The molecule has 1 aliphatic carbocycles. The topological polar surface area (TPSA) is 21.3 Å². The first-order valence-electron chi connectivity index (χ1n) is 8.00. The monoisotopic (exact) mass is 269 g/mol. The predicted molar refractivity (Wildman–Crippen MR) is 83.6 cm³/mol. The van der Waals surface area contributed by atoms with Gasteiger partial charge in [0.1, 0.15) is 0 Å². The molecule has 1 saturated carbocycles. The third-order valence-electron chi connectivity index (χ3n) is 4.06.